The van der Waals surface area contributed by atoms with Crippen molar-refractivity contribution in [2.45, 2.75) is 38.3 Å². The number of nitrogens with zero attached hydrogens (tertiary/aromatic N) is 2. The van der Waals surface area contributed by atoms with Gasteiger partial charge in [-0.05, 0) is 30.2 Å². The Morgan fingerprint density at radius 1 is 1.36 bits per heavy atom. The molecule has 2 N–H and O–H groups in total. The summed E-state index contributed by atoms with van der Waals surface area (Å²) in [7, 11) is 0. The van der Waals surface area contributed by atoms with Crippen molar-refractivity contribution in [3.05, 3.63) is 34.7 Å². The Morgan fingerprint density at radius 3 is 3.09 bits per heavy atom. The fourth-order valence-electron chi connectivity index (χ4n) is 3.88. The van der Waals surface area contributed by atoms with E-state index in [1.54, 1.807) is 0 Å². The first-order chi connectivity index (χ1) is 10.9. The van der Waals surface area contributed by atoms with Crippen molar-refractivity contribution >= 4 is 17.2 Å². The van der Waals surface area contributed by atoms with Crippen LogP contribution < -0.4 is 10.6 Å². The van der Waals surface area contributed by atoms with Crippen molar-refractivity contribution in [1.82, 2.24) is 15.1 Å². The van der Waals surface area contributed by atoms with Crippen molar-refractivity contribution in [2.75, 3.05) is 18.4 Å². The molecular weight excluding hydrogens is 292 g/mol. The van der Waals surface area contributed by atoms with Gasteiger partial charge in [0.1, 0.15) is 5.82 Å². The summed E-state index contributed by atoms with van der Waals surface area (Å²) in [6.45, 7) is 3.12. The van der Waals surface area contributed by atoms with Crippen LogP contribution in [0, 0.1) is 11.8 Å². The van der Waals surface area contributed by atoms with Crippen LogP contribution in [0.2, 0.25) is 0 Å². The third-order valence-corrected chi connectivity index (χ3v) is 6.02. The van der Waals surface area contributed by atoms with E-state index in [9.17, 15) is 0 Å². The molecule has 0 spiro atoms. The summed E-state index contributed by atoms with van der Waals surface area (Å²) < 4.78 is 2.09. The Morgan fingerprint density at radius 2 is 2.27 bits per heavy atom. The molecule has 4 nitrogen and oxygen atoms in total. The molecule has 2 aromatic rings. The zero-order valence-corrected chi connectivity index (χ0v) is 13.7. The fraction of sp³-hybridized carbons (Fsp3) is 0.588. The molecule has 0 amide bonds. The number of rotatable bonds is 5. The minimum Gasteiger partial charge on any atom is -0.370 e. The van der Waals surface area contributed by atoms with Crippen LogP contribution in [0.15, 0.2) is 29.8 Å². The molecule has 2 aliphatic rings. The zero-order valence-electron chi connectivity index (χ0n) is 12.9. The molecule has 22 heavy (non-hydrogen) atoms. The smallest absolute Gasteiger partial charge is 0.124 e. The summed E-state index contributed by atoms with van der Waals surface area (Å²) in [6.07, 6.45) is 7.43. The van der Waals surface area contributed by atoms with Gasteiger partial charge in [-0.15, -0.1) is 11.3 Å². The van der Waals surface area contributed by atoms with E-state index in [2.05, 4.69) is 44.0 Å². The highest BCUT2D eigenvalue weighted by Crippen LogP contribution is 2.37. The monoisotopic (exact) mass is 316 g/mol. The van der Waals surface area contributed by atoms with Gasteiger partial charge in [0.25, 0.3) is 0 Å². The maximum Gasteiger partial charge on any atom is 0.124 e. The first kappa shape index (κ1) is 14.3. The van der Waals surface area contributed by atoms with Gasteiger partial charge in [0.05, 0.1) is 6.20 Å². The van der Waals surface area contributed by atoms with Crippen LogP contribution in [0.4, 0.5) is 5.82 Å². The van der Waals surface area contributed by atoms with Crippen molar-refractivity contribution in [2.24, 2.45) is 11.8 Å². The van der Waals surface area contributed by atoms with Crippen molar-refractivity contribution in [3.63, 3.8) is 0 Å². The van der Waals surface area contributed by atoms with E-state index in [4.69, 9.17) is 0 Å². The molecule has 4 rings (SSSR count). The average Bonchev–Trinajstić information content (AvgIpc) is 3.30. The molecule has 1 aliphatic carbocycles. The molecule has 0 bridgehead atoms. The lowest BCUT2D eigenvalue weighted by molar-refractivity contribution is 0.321. The molecule has 5 heteroatoms. The number of aromatic nitrogens is 2. The van der Waals surface area contributed by atoms with Gasteiger partial charge in [0, 0.05) is 42.5 Å². The summed E-state index contributed by atoms with van der Waals surface area (Å²) >= 11 is 1.90. The van der Waals surface area contributed by atoms with E-state index in [0.29, 0.717) is 12.0 Å². The van der Waals surface area contributed by atoms with Crippen LogP contribution in [-0.4, -0.2) is 22.9 Å². The minimum atomic E-state index is 0.543. The largest absolute Gasteiger partial charge is 0.370 e. The van der Waals surface area contributed by atoms with Crippen LogP contribution in [0.1, 0.15) is 36.6 Å². The lowest BCUT2D eigenvalue weighted by Gasteiger charge is -2.29. The average molecular weight is 316 g/mol. The topological polar surface area (TPSA) is 41.9 Å². The molecule has 2 aromatic heterocycles. The van der Waals surface area contributed by atoms with E-state index < -0.39 is 0 Å². The Hall–Kier alpha value is -1.33. The van der Waals surface area contributed by atoms with Gasteiger partial charge in [-0.25, -0.2) is 4.68 Å². The molecule has 1 aliphatic heterocycles. The summed E-state index contributed by atoms with van der Waals surface area (Å²) in [5.74, 6) is 2.58. The first-order valence-corrected chi connectivity index (χ1v) is 9.30. The van der Waals surface area contributed by atoms with E-state index in [1.807, 2.05) is 17.5 Å². The van der Waals surface area contributed by atoms with Gasteiger partial charge in [-0.2, -0.15) is 5.10 Å². The van der Waals surface area contributed by atoms with E-state index >= 15 is 0 Å². The molecule has 0 radical (unpaired) electrons. The molecule has 0 saturated heterocycles. The third kappa shape index (κ3) is 2.92. The lowest BCUT2D eigenvalue weighted by atomic mass is 9.96. The van der Waals surface area contributed by atoms with E-state index in [-0.39, 0.29) is 0 Å². The van der Waals surface area contributed by atoms with Gasteiger partial charge >= 0.3 is 0 Å². The van der Waals surface area contributed by atoms with Gasteiger partial charge in [-0.3, -0.25) is 0 Å². The molecule has 1 saturated carbocycles. The predicted octanol–water partition coefficient (Wildman–Crippen LogP) is 3.51. The second-order valence-corrected chi connectivity index (χ2v) is 7.57. The fourth-order valence-corrected chi connectivity index (χ4v) is 4.77. The maximum atomic E-state index is 4.39. The maximum absolute atomic E-state index is 4.39. The van der Waals surface area contributed by atoms with Crippen LogP contribution in [0.5, 0.6) is 0 Å². The second kappa shape index (κ2) is 6.42. The standard InChI is InChI=1S/C17H24N4S/c1-2-5-14(4-1)17(15-6-3-9-22-15)19-11-13-10-18-16-7-8-20-21(16)12-13/h3,6-9,13-14,17-19H,1-2,4-5,10-12H2. The highest BCUT2D eigenvalue weighted by Gasteiger charge is 2.28. The molecule has 1 fully saturated rings. The summed E-state index contributed by atoms with van der Waals surface area (Å²) in [5, 5.41) is 14.0. The quantitative estimate of drug-likeness (QED) is 0.887. The molecule has 2 unspecified atom stereocenters. The van der Waals surface area contributed by atoms with Crippen molar-refractivity contribution in [1.29, 1.82) is 0 Å². The Labute approximate surface area is 135 Å². The summed E-state index contributed by atoms with van der Waals surface area (Å²) in [5.41, 5.74) is 0. The molecule has 2 atom stereocenters. The van der Waals surface area contributed by atoms with Crippen LogP contribution in [0.25, 0.3) is 0 Å². The summed E-state index contributed by atoms with van der Waals surface area (Å²) in [6, 6.07) is 7.07. The predicted molar refractivity (Wildman–Crippen MR) is 91.2 cm³/mol. The van der Waals surface area contributed by atoms with Gasteiger partial charge < -0.3 is 10.6 Å². The normalized spacial score (nSPS) is 23.2. The number of hydrogen-bond donors (Lipinski definition) is 2. The van der Waals surface area contributed by atoms with Crippen LogP contribution >= 0.6 is 11.3 Å². The van der Waals surface area contributed by atoms with Crippen LogP contribution in [-0.2, 0) is 6.54 Å². The molecule has 3 heterocycles. The lowest BCUT2D eigenvalue weighted by Crippen LogP contribution is -2.38. The number of thiophene rings is 1. The molecular formula is C17H24N4S. The third-order valence-electron chi connectivity index (χ3n) is 5.07. The highest BCUT2D eigenvalue weighted by atomic mass is 32.1. The number of hydrogen-bond acceptors (Lipinski definition) is 4. The summed E-state index contributed by atoms with van der Waals surface area (Å²) in [4.78, 5) is 1.51. The SMILES string of the molecule is c1csc(C(NCC2CNc3ccnn3C2)C2CCCC2)c1. The van der Waals surface area contributed by atoms with Gasteiger partial charge in [-0.1, -0.05) is 18.9 Å². The van der Waals surface area contributed by atoms with Gasteiger partial charge in [0.2, 0.25) is 0 Å². The number of anilines is 1. The Kier molecular flexibility index (Phi) is 4.17. The Bertz CT molecular complexity index is 586. The van der Waals surface area contributed by atoms with E-state index in [0.717, 1.165) is 31.4 Å². The number of fused-ring (bicyclic) bond motifs is 1. The number of nitrogens with one attached hydrogen (secondary N) is 2. The van der Waals surface area contributed by atoms with Crippen molar-refractivity contribution in [3.8, 4) is 0 Å². The molecule has 0 aromatic carbocycles. The highest BCUT2D eigenvalue weighted by molar-refractivity contribution is 7.10. The molecule has 118 valence electrons. The first-order valence-electron chi connectivity index (χ1n) is 8.42. The minimum absolute atomic E-state index is 0.543. The zero-order chi connectivity index (χ0) is 14.8. The van der Waals surface area contributed by atoms with E-state index in [1.165, 1.54) is 30.6 Å². The van der Waals surface area contributed by atoms with Crippen LogP contribution in [0.3, 0.4) is 0 Å². The van der Waals surface area contributed by atoms with Gasteiger partial charge in [0.15, 0.2) is 0 Å². The second-order valence-electron chi connectivity index (χ2n) is 6.59. The Balaban J connectivity index is 1.40. The van der Waals surface area contributed by atoms with Crippen molar-refractivity contribution < 1.29 is 0 Å².